The third-order valence-corrected chi connectivity index (χ3v) is 4.87. The van der Waals surface area contributed by atoms with E-state index in [4.69, 9.17) is 9.15 Å². The molecular weight excluding hydrogens is 343 g/mol. The highest BCUT2D eigenvalue weighted by molar-refractivity contribution is 5.83. The number of rotatable bonds is 13. The maximum absolute atomic E-state index is 14.5. The van der Waals surface area contributed by atoms with Crippen LogP contribution < -0.4 is 10.4 Å². The van der Waals surface area contributed by atoms with Crippen LogP contribution in [0.2, 0.25) is 0 Å². The standard InChI is InChI=1S/C23H33FO3/c1-3-5-6-7-8-9-10-11-12-13-19-17-18-14-15-20(26-16-4-2)22(24)21(18)23(25)27-19/h14-15,17H,3-13,16H2,1-2H3. The van der Waals surface area contributed by atoms with Gasteiger partial charge in [0.1, 0.15) is 11.1 Å². The summed E-state index contributed by atoms with van der Waals surface area (Å²) in [6.45, 7) is 4.61. The molecule has 0 atom stereocenters. The lowest BCUT2D eigenvalue weighted by Gasteiger charge is -2.08. The fraction of sp³-hybridized carbons (Fsp3) is 0.609. The van der Waals surface area contributed by atoms with Gasteiger partial charge in [0, 0.05) is 6.42 Å². The molecular formula is C23H33FO3. The summed E-state index contributed by atoms with van der Waals surface area (Å²) in [6, 6.07) is 5.11. The Morgan fingerprint density at radius 2 is 1.59 bits per heavy atom. The van der Waals surface area contributed by atoms with Gasteiger partial charge in [0.25, 0.3) is 0 Å². The molecule has 0 fully saturated rings. The van der Waals surface area contributed by atoms with Crippen LogP contribution in [0, 0.1) is 5.82 Å². The molecule has 1 aromatic carbocycles. The van der Waals surface area contributed by atoms with Crippen molar-refractivity contribution in [2.24, 2.45) is 0 Å². The average molecular weight is 377 g/mol. The van der Waals surface area contributed by atoms with Crippen LogP contribution in [0.5, 0.6) is 5.75 Å². The molecule has 0 N–H and O–H groups in total. The Bertz CT molecular complexity index is 751. The number of unbranched alkanes of at least 4 members (excludes halogenated alkanes) is 8. The van der Waals surface area contributed by atoms with Gasteiger partial charge in [-0.05, 0) is 30.4 Å². The molecule has 0 aliphatic heterocycles. The fourth-order valence-corrected chi connectivity index (χ4v) is 3.33. The van der Waals surface area contributed by atoms with E-state index in [1.807, 2.05) is 6.92 Å². The van der Waals surface area contributed by atoms with Crippen LogP contribution in [0.1, 0.15) is 83.8 Å². The van der Waals surface area contributed by atoms with Crippen molar-refractivity contribution in [1.82, 2.24) is 0 Å². The second-order valence-electron chi connectivity index (χ2n) is 7.27. The number of hydrogen-bond acceptors (Lipinski definition) is 3. The molecule has 0 bridgehead atoms. The lowest BCUT2D eigenvalue weighted by Crippen LogP contribution is -2.06. The van der Waals surface area contributed by atoms with Gasteiger partial charge in [-0.3, -0.25) is 0 Å². The summed E-state index contributed by atoms with van der Waals surface area (Å²) in [5.74, 6) is 0.129. The van der Waals surface area contributed by atoms with E-state index < -0.39 is 11.4 Å². The lowest BCUT2D eigenvalue weighted by atomic mass is 10.1. The van der Waals surface area contributed by atoms with Gasteiger partial charge in [-0.2, -0.15) is 0 Å². The molecule has 1 heterocycles. The fourth-order valence-electron chi connectivity index (χ4n) is 3.33. The van der Waals surface area contributed by atoms with Crippen molar-refractivity contribution < 1.29 is 13.5 Å². The number of ether oxygens (including phenoxy) is 1. The molecule has 3 nitrogen and oxygen atoms in total. The van der Waals surface area contributed by atoms with Crippen molar-refractivity contribution in [3.63, 3.8) is 0 Å². The van der Waals surface area contributed by atoms with Crippen LogP contribution in [0.15, 0.2) is 27.4 Å². The molecule has 0 saturated heterocycles. The quantitative estimate of drug-likeness (QED) is 0.361. The Morgan fingerprint density at radius 3 is 2.26 bits per heavy atom. The van der Waals surface area contributed by atoms with Crippen LogP contribution in [0.25, 0.3) is 10.8 Å². The largest absolute Gasteiger partial charge is 0.491 e. The van der Waals surface area contributed by atoms with Gasteiger partial charge in [0.15, 0.2) is 11.6 Å². The van der Waals surface area contributed by atoms with Crippen molar-refractivity contribution in [3.05, 3.63) is 40.2 Å². The Labute approximate surface area is 161 Å². The van der Waals surface area contributed by atoms with Gasteiger partial charge in [0.05, 0.1) is 6.61 Å². The molecule has 150 valence electrons. The Kier molecular flexibility index (Phi) is 9.37. The highest BCUT2D eigenvalue weighted by Gasteiger charge is 2.14. The van der Waals surface area contributed by atoms with Gasteiger partial charge in [-0.15, -0.1) is 0 Å². The normalized spacial score (nSPS) is 11.2. The molecule has 1 aromatic heterocycles. The molecule has 2 rings (SSSR count). The molecule has 2 aromatic rings. The van der Waals surface area contributed by atoms with E-state index in [1.54, 1.807) is 18.2 Å². The zero-order valence-electron chi connectivity index (χ0n) is 16.8. The third-order valence-electron chi connectivity index (χ3n) is 4.87. The molecule has 0 saturated carbocycles. The first-order valence-corrected chi connectivity index (χ1v) is 10.5. The first kappa shape index (κ1) is 21.5. The summed E-state index contributed by atoms with van der Waals surface area (Å²) < 4.78 is 25.2. The Morgan fingerprint density at radius 1 is 0.926 bits per heavy atom. The molecule has 0 radical (unpaired) electrons. The Balaban J connectivity index is 1.86. The van der Waals surface area contributed by atoms with Crippen LogP contribution in [-0.4, -0.2) is 6.61 Å². The molecule has 0 amide bonds. The summed E-state index contributed by atoms with van der Waals surface area (Å²) in [4.78, 5) is 12.2. The molecule has 27 heavy (non-hydrogen) atoms. The van der Waals surface area contributed by atoms with Crippen molar-refractivity contribution in [1.29, 1.82) is 0 Å². The number of aryl methyl sites for hydroxylation is 1. The summed E-state index contributed by atoms with van der Waals surface area (Å²) in [5, 5.41) is 0.568. The van der Waals surface area contributed by atoms with E-state index in [1.165, 1.54) is 44.9 Å². The van der Waals surface area contributed by atoms with Crippen molar-refractivity contribution in [2.45, 2.75) is 84.5 Å². The lowest BCUT2D eigenvalue weighted by molar-refractivity contribution is 0.302. The number of fused-ring (bicyclic) bond motifs is 1. The van der Waals surface area contributed by atoms with Gasteiger partial charge in [-0.25, -0.2) is 9.18 Å². The van der Waals surface area contributed by atoms with E-state index in [-0.39, 0.29) is 11.1 Å². The molecule has 0 aliphatic carbocycles. The smallest absolute Gasteiger partial charge is 0.346 e. The van der Waals surface area contributed by atoms with E-state index >= 15 is 0 Å². The number of halogens is 1. The van der Waals surface area contributed by atoms with Gasteiger partial charge < -0.3 is 9.15 Å². The van der Waals surface area contributed by atoms with Crippen LogP contribution in [0.3, 0.4) is 0 Å². The van der Waals surface area contributed by atoms with Gasteiger partial charge in [-0.1, -0.05) is 71.3 Å². The number of hydrogen-bond donors (Lipinski definition) is 0. The SMILES string of the molecule is CCCCCCCCCCCc1cc2ccc(OCCC)c(F)c2c(=O)o1. The summed E-state index contributed by atoms with van der Waals surface area (Å²) in [6.07, 6.45) is 12.7. The summed E-state index contributed by atoms with van der Waals surface area (Å²) in [7, 11) is 0. The van der Waals surface area contributed by atoms with Crippen LogP contribution in [0.4, 0.5) is 4.39 Å². The summed E-state index contributed by atoms with van der Waals surface area (Å²) in [5.41, 5.74) is -0.613. The number of benzene rings is 1. The zero-order chi connectivity index (χ0) is 19.5. The van der Waals surface area contributed by atoms with Crippen molar-refractivity contribution >= 4 is 10.8 Å². The van der Waals surface area contributed by atoms with Crippen LogP contribution >= 0.6 is 0 Å². The average Bonchev–Trinajstić information content (AvgIpc) is 2.66. The highest BCUT2D eigenvalue weighted by Crippen LogP contribution is 2.25. The Hall–Kier alpha value is -1.84. The van der Waals surface area contributed by atoms with E-state index in [0.29, 0.717) is 17.8 Å². The minimum absolute atomic E-state index is 0.0144. The molecule has 0 unspecified atom stereocenters. The molecule has 0 aliphatic rings. The molecule has 0 spiro atoms. The first-order valence-electron chi connectivity index (χ1n) is 10.5. The van der Waals surface area contributed by atoms with E-state index in [9.17, 15) is 9.18 Å². The second-order valence-corrected chi connectivity index (χ2v) is 7.27. The zero-order valence-corrected chi connectivity index (χ0v) is 16.8. The van der Waals surface area contributed by atoms with Crippen molar-refractivity contribution in [2.75, 3.05) is 6.61 Å². The van der Waals surface area contributed by atoms with Crippen LogP contribution in [-0.2, 0) is 6.42 Å². The van der Waals surface area contributed by atoms with Gasteiger partial charge >= 0.3 is 5.63 Å². The van der Waals surface area contributed by atoms with Crippen molar-refractivity contribution in [3.8, 4) is 5.75 Å². The van der Waals surface area contributed by atoms with E-state index in [2.05, 4.69) is 6.92 Å². The monoisotopic (exact) mass is 376 g/mol. The summed E-state index contributed by atoms with van der Waals surface area (Å²) >= 11 is 0. The maximum atomic E-state index is 14.5. The predicted octanol–water partition coefficient (Wildman–Crippen LogP) is 6.79. The third kappa shape index (κ3) is 6.67. The molecule has 4 heteroatoms. The minimum Gasteiger partial charge on any atom is -0.491 e. The van der Waals surface area contributed by atoms with Gasteiger partial charge in [0.2, 0.25) is 0 Å². The first-order chi connectivity index (χ1) is 13.2. The second kappa shape index (κ2) is 11.8. The maximum Gasteiger partial charge on any atom is 0.346 e. The topological polar surface area (TPSA) is 39.4 Å². The minimum atomic E-state index is -0.621. The highest BCUT2D eigenvalue weighted by atomic mass is 19.1. The van der Waals surface area contributed by atoms with E-state index in [0.717, 1.165) is 25.7 Å². The predicted molar refractivity (Wildman–Crippen MR) is 109 cm³/mol.